The molecular formula is C12H16N2O2. The molecular weight excluding hydrogens is 204 g/mol. The Morgan fingerprint density at radius 2 is 2.25 bits per heavy atom. The lowest BCUT2D eigenvalue weighted by molar-refractivity contribution is -0.107. The molecule has 86 valence electrons. The van der Waals surface area contributed by atoms with Gasteiger partial charge in [0.1, 0.15) is 6.29 Å². The Balaban J connectivity index is 2.67. The van der Waals surface area contributed by atoms with Crippen LogP contribution in [0.4, 0.5) is 5.69 Å². The minimum absolute atomic E-state index is 0.428. The van der Waals surface area contributed by atoms with Gasteiger partial charge in [-0.1, -0.05) is 6.07 Å². The van der Waals surface area contributed by atoms with Crippen molar-refractivity contribution in [2.24, 2.45) is 5.73 Å². The topological polar surface area (TPSA) is 63.4 Å². The number of nitrogens with two attached hydrogens (primary N) is 1. The molecule has 2 N–H and O–H groups in total. The van der Waals surface area contributed by atoms with Crippen molar-refractivity contribution in [3.8, 4) is 0 Å². The van der Waals surface area contributed by atoms with Gasteiger partial charge in [-0.15, -0.1) is 0 Å². The fourth-order valence-electron chi connectivity index (χ4n) is 1.44. The monoisotopic (exact) mass is 220 g/mol. The molecule has 1 rings (SSSR count). The average molecular weight is 220 g/mol. The Morgan fingerprint density at radius 1 is 1.50 bits per heavy atom. The zero-order valence-electron chi connectivity index (χ0n) is 9.35. The highest BCUT2D eigenvalue weighted by molar-refractivity contribution is 5.93. The normalized spacial score (nSPS) is 9.81. The zero-order chi connectivity index (χ0) is 12.0. The standard InChI is InChI=1S/C12H16N2O2/c1-14(7-2-3-8-15)11-6-4-5-10(9-11)12(13)16/h4-6,8-9H,2-3,7H2,1H3,(H2,13,16). The maximum atomic E-state index is 11.0. The first-order valence-corrected chi connectivity index (χ1v) is 5.20. The SMILES string of the molecule is CN(CCCC=O)c1cccc(C(N)=O)c1. The third-order valence-electron chi connectivity index (χ3n) is 2.39. The van der Waals surface area contributed by atoms with Gasteiger partial charge in [-0.05, 0) is 24.6 Å². The summed E-state index contributed by atoms with van der Waals surface area (Å²) in [4.78, 5) is 23.2. The van der Waals surface area contributed by atoms with Gasteiger partial charge in [0.05, 0.1) is 0 Å². The van der Waals surface area contributed by atoms with E-state index in [0.29, 0.717) is 12.0 Å². The third kappa shape index (κ3) is 3.38. The fourth-order valence-corrected chi connectivity index (χ4v) is 1.44. The Labute approximate surface area is 95.0 Å². The second-order valence-electron chi connectivity index (χ2n) is 3.65. The summed E-state index contributed by atoms with van der Waals surface area (Å²) in [5.41, 5.74) is 6.63. The number of aldehydes is 1. The number of hydrogen-bond donors (Lipinski definition) is 1. The predicted octanol–water partition coefficient (Wildman–Crippen LogP) is 1.20. The maximum Gasteiger partial charge on any atom is 0.248 e. The summed E-state index contributed by atoms with van der Waals surface area (Å²) in [5.74, 6) is -0.428. The smallest absolute Gasteiger partial charge is 0.248 e. The van der Waals surface area contributed by atoms with E-state index >= 15 is 0 Å². The van der Waals surface area contributed by atoms with Gasteiger partial charge in [0.25, 0.3) is 0 Å². The maximum absolute atomic E-state index is 11.0. The number of hydrogen-bond acceptors (Lipinski definition) is 3. The summed E-state index contributed by atoms with van der Waals surface area (Å²) in [7, 11) is 1.92. The lowest BCUT2D eigenvalue weighted by atomic mass is 10.2. The van der Waals surface area contributed by atoms with Gasteiger partial charge in [-0.3, -0.25) is 4.79 Å². The van der Waals surface area contributed by atoms with E-state index < -0.39 is 5.91 Å². The van der Waals surface area contributed by atoms with Crippen LogP contribution in [0.1, 0.15) is 23.2 Å². The Hall–Kier alpha value is -1.84. The molecule has 0 aliphatic carbocycles. The van der Waals surface area contributed by atoms with Crippen molar-refractivity contribution < 1.29 is 9.59 Å². The van der Waals surface area contributed by atoms with Crippen molar-refractivity contribution in [3.63, 3.8) is 0 Å². The molecule has 0 spiro atoms. The highest BCUT2D eigenvalue weighted by atomic mass is 16.1. The summed E-state index contributed by atoms with van der Waals surface area (Å²) >= 11 is 0. The first-order valence-electron chi connectivity index (χ1n) is 5.20. The molecule has 0 saturated carbocycles. The molecule has 0 unspecified atom stereocenters. The summed E-state index contributed by atoms with van der Waals surface area (Å²) in [5, 5.41) is 0. The summed E-state index contributed by atoms with van der Waals surface area (Å²) < 4.78 is 0. The van der Waals surface area contributed by atoms with Crippen molar-refractivity contribution in [3.05, 3.63) is 29.8 Å². The van der Waals surface area contributed by atoms with Crippen LogP contribution in [0.5, 0.6) is 0 Å². The summed E-state index contributed by atoms with van der Waals surface area (Å²) in [6, 6.07) is 7.15. The number of amides is 1. The highest BCUT2D eigenvalue weighted by Crippen LogP contribution is 2.14. The van der Waals surface area contributed by atoms with Gasteiger partial charge in [0.15, 0.2) is 0 Å². The number of unbranched alkanes of at least 4 members (excludes halogenated alkanes) is 1. The summed E-state index contributed by atoms with van der Waals surface area (Å²) in [6.45, 7) is 0.779. The van der Waals surface area contributed by atoms with Crippen molar-refractivity contribution in [1.82, 2.24) is 0 Å². The lowest BCUT2D eigenvalue weighted by Crippen LogP contribution is -2.19. The van der Waals surface area contributed by atoms with E-state index in [-0.39, 0.29) is 0 Å². The van der Waals surface area contributed by atoms with E-state index in [1.54, 1.807) is 18.2 Å². The molecule has 4 nitrogen and oxygen atoms in total. The average Bonchev–Trinajstić information content (AvgIpc) is 2.29. The van der Waals surface area contributed by atoms with E-state index in [0.717, 1.165) is 24.9 Å². The Bertz CT molecular complexity index is 377. The lowest BCUT2D eigenvalue weighted by Gasteiger charge is -2.19. The molecule has 1 amide bonds. The van der Waals surface area contributed by atoms with Gasteiger partial charge in [0.2, 0.25) is 5.91 Å². The van der Waals surface area contributed by atoms with Crippen LogP contribution in [0.15, 0.2) is 24.3 Å². The van der Waals surface area contributed by atoms with Crippen molar-refractivity contribution in [1.29, 1.82) is 0 Å². The number of carbonyl (C=O) groups excluding carboxylic acids is 2. The van der Waals surface area contributed by atoms with E-state index in [9.17, 15) is 9.59 Å². The van der Waals surface area contributed by atoms with E-state index in [1.807, 2.05) is 18.0 Å². The van der Waals surface area contributed by atoms with E-state index in [4.69, 9.17) is 5.73 Å². The molecule has 1 aromatic carbocycles. The zero-order valence-corrected chi connectivity index (χ0v) is 9.35. The quantitative estimate of drug-likeness (QED) is 0.578. The molecule has 4 heteroatoms. The van der Waals surface area contributed by atoms with E-state index in [1.165, 1.54) is 0 Å². The number of rotatable bonds is 6. The van der Waals surface area contributed by atoms with Gasteiger partial charge < -0.3 is 15.4 Å². The number of carbonyl (C=O) groups is 2. The number of anilines is 1. The van der Waals surface area contributed by atoms with Gasteiger partial charge in [-0.2, -0.15) is 0 Å². The minimum atomic E-state index is -0.428. The van der Waals surface area contributed by atoms with Crippen LogP contribution >= 0.6 is 0 Å². The third-order valence-corrected chi connectivity index (χ3v) is 2.39. The molecule has 0 aromatic heterocycles. The second-order valence-corrected chi connectivity index (χ2v) is 3.65. The molecule has 0 heterocycles. The molecule has 0 aliphatic heterocycles. The Kier molecular flexibility index (Phi) is 4.51. The van der Waals surface area contributed by atoms with Crippen molar-refractivity contribution in [2.45, 2.75) is 12.8 Å². The van der Waals surface area contributed by atoms with Crippen LogP contribution in [-0.2, 0) is 4.79 Å². The molecule has 0 saturated heterocycles. The summed E-state index contributed by atoms with van der Waals surface area (Å²) in [6.07, 6.45) is 2.27. The van der Waals surface area contributed by atoms with Crippen LogP contribution in [-0.4, -0.2) is 25.8 Å². The van der Waals surface area contributed by atoms with Gasteiger partial charge in [-0.25, -0.2) is 0 Å². The van der Waals surface area contributed by atoms with Crippen LogP contribution in [0.3, 0.4) is 0 Å². The first kappa shape index (κ1) is 12.2. The van der Waals surface area contributed by atoms with Crippen LogP contribution in [0.25, 0.3) is 0 Å². The molecule has 0 aliphatic rings. The molecule has 0 radical (unpaired) electrons. The Morgan fingerprint density at radius 3 is 2.88 bits per heavy atom. The molecule has 0 atom stereocenters. The molecule has 1 aromatic rings. The highest BCUT2D eigenvalue weighted by Gasteiger charge is 2.04. The predicted molar refractivity (Wildman–Crippen MR) is 63.5 cm³/mol. The largest absolute Gasteiger partial charge is 0.375 e. The fraction of sp³-hybridized carbons (Fsp3) is 0.333. The van der Waals surface area contributed by atoms with Crippen LogP contribution in [0.2, 0.25) is 0 Å². The van der Waals surface area contributed by atoms with Gasteiger partial charge >= 0.3 is 0 Å². The van der Waals surface area contributed by atoms with Crippen LogP contribution in [0, 0.1) is 0 Å². The van der Waals surface area contributed by atoms with Crippen molar-refractivity contribution in [2.75, 3.05) is 18.5 Å². The number of primary amides is 1. The number of benzene rings is 1. The number of nitrogens with zero attached hydrogens (tertiary/aromatic N) is 1. The minimum Gasteiger partial charge on any atom is -0.375 e. The van der Waals surface area contributed by atoms with Crippen molar-refractivity contribution >= 4 is 17.9 Å². The first-order chi connectivity index (χ1) is 7.65. The molecule has 16 heavy (non-hydrogen) atoms. The second kappa shape index (κ2) is 5.90. The van der Waals surface area contributed by atoms with Gasteiger partial charge in [0, 0.05) is 31.3 Å². The van der Waals surface area contributed by atoms with E-state index in [2.05, 4.69) is 0 Å². The molecule has 0 bridgehead atoms. The van der Waals surface area contributed by atoms with Crippen LogP contribution < -0.4 is 10.6 Å². The molecule has 0 fully saturated rings.